The molecular weight excluding hydrogens is 218 g/mol. The fraction of sp³-hybridized carbons (Fsp3) is 1.00. The molecule has 0 rings (SSSR count). The fourth-order valence-electron chi connectivity index (χ4n) is 1.33. The van der Waals surface area contributed by atoms with Gasteiger partial charge in [-0.3, -0.25) is 0 Å². The van der Waals surface area contributed by atoms with Gasteiger partial charge in [0, 0.05) is 18.3 Å². The van der Waals surface area contributed by atoms with E-state index >= 15 is 0 Å². The molecule has 16 heavy (non-hydrogen) atoms. The van der Waals surface area contributed by atoms with Crippen LogP contribution >= 0.6 is 11.8 Å². The number of hydrogen-bond acceptors (Lipinski definition) is 3. The predicted octanol–water partition coefficient (Wildman–Crippen LogP) is 2.76. The third-order valence-corrected chi connectivity index (χ3v) is 4.43. The second kappa shape index (κ2) is 9.32. The molecule has 0 amide bonds. The predicted molar refractivity (Wildman–Crippen MR) is 75.1 cm³/mol. The molecule has 0 saturated carbocycles. The van der Waals surface area contributed by atoms with Crippen molar-refractivity contribution in [2.45, 2.75) is 53.2 Å². The summed E-state index contributed by atoms with van der Waals surface area (Å²) in [5, 5.41) is 13.2. The first-order chi connectivity index (χ1) is 7.47. The van der Waals surface area contributed by atoms with Crippen molar-refractivity contribution in [2.75, 3.05) is 18.1 Å². The molecule has 98 valence electrons. The van der Waals surface area contributed by atoms with Crippen LogP contribution in [0.3, 0.4) is 0 Å². The van der Waals surface area contributed by atoms with Gasteiger partial charge in [-0.2, -0.15) is 11.8 Å². The van der Waals surface area contributed by atoms with Crippen LogP contribution in [0.1, 0.15) is 41.0 Å². The molecule has 0 aromatic carbocycles. The number of aliphatic hydroxyl groups is 1. The molecule has 0 radical (unpaired) electrons. The quantitative estimate of drug-likeness (QED) is 0.657. The summed E-state index contributed by atoms with van der Waals surface area (Å²) in [4.78, 5) is 0. The largest absolute Gasteiger partial charge is 0.392 e. The minimum Gasteiger partial charge on any atom is -0.392 e. The van der Waals surface area contributed by atoms with Crippen molar-refractivity contribution in [2.24, 2.45) is 11.8 Å². The van der Waals surface area contributed by atoms with Crippen molar-refractivity contribution in [1.29, 1.82) is 0 Å². The van der Waals surface area contributed by atoms with E-state index in [1.165, 1.54) is 5.75 Å². The van der Waals surface area contributed by atoms with Crippen LogP contribution in [-0.2, 0) is 0 Å². The highest BCUT2D eigenvalue weighted by Gasteiger charge is 2.12. The Morgan fingerprint density at radius 3 is 2.25 bits per heavy atom. The normalized spacial score (nSPS) is 17.4. The van der Waals surface area contributed by atoms with Crippen molar-refractivity contribution in [3.05, 3.63) is 0 Å². The van der Waals surface area contributed by atoms with Gasteiger partial charge in [0.25, 0.3) is 0 Å². The highest BCUT2D eigenvalue weighted by molar-refractivity contribution is 7.99. The lowest BCUT2D eigenvalue weighted by atomic mass is 10.0. The lowest BCUT2D eigenvalue weighted by Crippen LogP contribution is -2.37. The first-order valence-corrected chi connectivity index (χ1v) is 7.62. The van der Waals surface area contributed by atoms with Gasteiger partial charge in [0.2, 0.25) is 0 Å². The van der Waals surface area contributed by atoms with Crippen molar-refractivity contribution >= 4 is 11.8 Å². The van der Waals surface area contributed by atoms with E-state index in [0.717, 1.165) is 24.6 Å². The van der Waals surface area contributed by atoms with Crippen molar-refractivity contribution in [3.63, 3.8) is 0 Å². The summed E-state index contributed by atoms with van der Waals surface area (Å²) in [5.41, 5.74) is 0. The molecule has 0 aromatic rings. The maximum Gasteiger partial charge on any atom is 0.0690 e. The maximum atomic E-state index is 9.81. The molecule has 0 aliphatic carbocycles. The zero-order valence-electron chi connectivity index (χ0n) is 11.5. The first-order valence-electron chi connectivity index (χ1n) is 6.46. The Balaban J connectivity index is 3.53. The molecule has 0 bridgehead atoms. The Kier molecular flexibility index (Phi) is 9.47. The van der Waals surface area contributed by atoms with Gasteiger partial charge in [0.05, 0.1) is 6.10 Å². The highest BCUT2D eigenvalue weighted by atomic mass is 32.2. The lowest BCUT2D eigenvalue weighted by Gasteiger charge is -2.21. The Hall–Kier alpha value is 0.270. The third-order valence-electron chi connectivity index (χ3n) is 2.80. The summed E-state index contributed by atoms with van der Waals surface area (Å²) in [6.07, 6.45) is 0.835. The minimum atomic E-state index is -0.206. The topological polar surface area (TPSA) is 32.3 Å². The van der Waals surface area contributed by atoms with Crippen LogP contribution in [0.15, 0.2) is 0 Å². The van der Waals surface area contributed by atoms with Crippen molar-refractivity contribution < 1.29 is 5.11 Å². The fourth-order valence-corrected chi connectivity index (χ4v) is 2.41. The first kappa shape index (κ1) is 16.3. The van der Waals surface area contributed by atoms with Gasteiger partial charge < -0.3 is 10.4 Å². The van der Waals surface area contributed by atoms with Crippen LogP contribution in [-0.4, -0.2) is 35.3 Å². The zero-order chi connectivity index (χ0) is 12.6. The number of rotatable bonds is 9. The Morgan fingerprint density at radius 2 is 1.75 bits per heavy atom. The van der Waals surface area contributed by atoms with E-state index in [1.807, 2.05) is 11.8 Å². The molecule has 3 unspecified atom stereocenters. The molecular formula is C13H29NOS. The lowest BCUT2D eigenvalue weighted by molar-refractivity contribution is 0.111. The van der Waals surface area contributed by atoms with Crippen LogP contribution in [0, 0.1) is 11.8 Å². The summed E-state index contributed by atoms with van der Waals surface area (Å²) in [6.45, 7) is 11.6. The molecule has 0 aliphatic rings. The van der Waals surface area contributed by atoms with Crippen molar-refractivity contribution in [3.8, 4) is 0 Å². The summed E-state index contributed by atoms with van der Waals surface area (Å²) >= 11 is 1.99. The van der Waals surface area contributed by atoms with Gasteiger partial charge in [-0.1, -0.05) is 34.1 Å². The van der Waals surface area contributed by atoms with Gasteiger partial charge in [0.1, 0.15) is 0 Å². The molecule has 0 spiro atoms. The van der Waals surface area contributed by atoms with Gasteiger partial charge in [-0.15, -0.1) is 0 Å². The standard InChI is InChI=1S/C13H29NOS/c1-6-11(4)13(15)7-14-12(5)9-16-8-10(2)3/h10-15H,6-9H2,1-5H3. The Bertz CT molecular complexity index is 164. The van der Waals surface area contributed by atoms with E-state index in [-0.39, 0.29) is 6.10 Å². The number of hydrogen-bond donors (Lipinski definition) is 2. The highest BCUT2D eigenvalue weighted by Crippen LogP contribution is 2.10. The minimum absolute atomic E-state index is 0.206. The van der Waals surface area contributed by atoms with Gasteiger partial charge in [0.15, 0.2) is 0 Å². The number of thioether (sulfide) groups is 1. The molecule has 0 aliphatic heterocycles. The summed E-state index contributed by atoms with van der Waals surface area (Å²) in [6, 6.07) is 0.488. The molecule has 2 nitrogen and oxygen atoms in total. The molecule has 0 saturated heterocycles. The Labute approximate surface area is 106 Å². The zero-order valence-corrected chi connectivity index (χ0v) is 12.3. The van der Waals surface area contributed by atoms with Gasteiger partial charge >= 0.3 is 0 Å². The van der Waals surface area contributed by atoms with Crippen LogP contribution in [0.4, 0.5) is 0 Å². The second-order valence-corrected chi connectivity index (χ2v) is 6.27. The average Bonchev–Trinajstić information content (AvgIpc) is 2.24. The summed E-state index contributed by atoms with van der Waals surface area (Å²) < 4.78 is 0. The van der Waals surface area contributed by atoms with E-state index in [0.29, 0.717) is 12.0 Å². The summed E-state index contributed by atoms with van der Waals surface area (Å²) in [5.74, 6) is 3.51. The van der Waals surface area contributed by atoms with E-state index in [1.54, 1.807) is 0 Å². The average molecular weight is 247 g/mol. The molecule has 0 heterocycles. The van der Waals surface area contributed by atoms with E-state index in [4.69, 9.17) is 0 Å². The number of aliphatic hydroxyl groups excluding tert-OH is 1. The van der Waals surface area contributed by atoms with Crippen LogP contribution < -0.4 is 5.32 Å². The molecule has 3 atom stereocenters. The number of nitrogens with one attached hydrogen (secondary N) is 1. The molecule has 0 aromatic heterocycles. The SMILES string of the molecule is CCC(C)C(O)CNC(C)CSCC(C)C. The molecule has 2 N–H and O–H groups in total. The third kappa shape index (κ3) is 8.43. The molecule has 3 heteroatoms. The van der Waals surface area contributed by atoms with Crippen LogP contribution in [0.25, 0.3) is 0 Å². The molecule has 0 fully saturated rings. The van der Waals surface area contributed by atoms with Crippen LogP contribution in [0.2, 0.25) is 0 Å². The van der Waals surface area contributed by atoms with E-state index < -0.39 is 0 Å². The van der Waals surface area contributed by atoms with Gasteiger partial charge in [-0.25, -0.2) is 0 Å². The maximum absolute atomic E-state index is 9.81. The van der Waals surface area contributed by atoms with Gasteiger partial charge in [-0.05, 0) is 24.5 Å². The van der Waals surface area contributed by atoms with Crippen molar-refractivity contribution in [1.82, 2.24) is 5.32 Å². The van der Waals surface area contributed by atoms with Crippen LogP contribution in [0.5, 0.6) is 0 Å². The monoisotopic (exact) mass is 247 g/mol. The smallest absolute Gasteiger partial charge is 0.0690 e. The Morgan fingerprint density at radius 1 is 1.12 bits per heavy atom. The summed E-state index contributed by atoms with van der Waals surface area (Å²) in [7, 11) is 0. The van der Waals surface area contributed by atoms with E-state index in [2.05, 4.69) is 39.9 Å². The van der Waals surface area contributed by atoms with E-state index in [9.17, 15) is 5.11 Å². The second-order valence-electron chi connectivity index (χ2n) is 5.19.